The summed E-state index contributed by atoms with van der Waals surface area (Å²) in [5, 5.41) is 18.8. The fourth-order valence-corrected chi connectivity index (χ4v) is 5.07. The number of hydrogen-bond donors (Lipinski definition) is 1. The van der Waals surface area contributed by atoms with Crippen LogP contribution in [0.25, 0.3) is 0 Å². The van der Waals surface area contributed by atoms with Gasteiger partial charge in [-0.05, 0) is 50.3 Å². The Morgan fingerprint density at radius 3 is 2.58 bits per heavy atom. The molecule has 31 heavy (non-hydrogen) atoms. The van der Waals surface area contributed by atoms with Crippen molar-refractivity contribution >= 4 is 11.7 Å². The van der Waals surface area contributed by atoms with Gasteiger partial charge < -0.3 is 19.6 Å². The van der Waals surface area contributed by atoms with Gasteiger partial charge in [-0.25, -0.2) is 4.98 Å². The lowest BCUT2D eigenvalue weighted by molar-refractivity contribution is -0.154. The summed E-state index contributed by atoms with van der Waals surface area (Å²) in [4.78, 5) is 25.7. The van der Waals surface area contributed by atoms with E-state index in [4.69, 9.17) is 10.00 Å². The molecule has 2 saturated heterocycles. The Bertz CT molecular complexity index is 1000. The average Bonchev–Trinajstić information content (AvgIpc) is 3.02. The van der Waals surface area contributed by atoms with Crippen LogP contribution in [0.2, 0.25) is 0 Å². The van der Waals surface area contributed by atoms with E-state index in [-0.39, 0.29) is 30.3 Å². The van der Waals surface area contributed by atoms with Crippen LogP contribution in [0.4, 0.5) is 5.82 Å². The molecule has 1 aliphatic carbocycles. The highest BCUT2D eigenvalue weighted by Crippen LogP contribution is 2.45. The molecule has 1 saturated carbocycles. The van der Waals surface area contributed by atoms with Gasteiger partial charge in [-0.2, -0.15) is 5.26 Å². The molecule has 2 unspecified atom stereocenters. The fourth-order valence-electron chi connectivity index (χ4n) is 5.07. The summed E-state index contributed by atoms with van der Waals surface area (Å²) in [5.41, 5.74) is 0.867. The minimum absolute atomic E-state index is 0.00345. The molecule has 3 fully saturated rings. The highest BCUT2D eigenvalue weighted by atomic mass is 16.5. The summed E-state index contributed by atoms with van der Waals surface area (Å²) < 4.78 is 6.15. The molecule has 2 aromatic rings. The molecule has 1 amide bonds. The predicted octanol–water partition coefficient (Wildman–Crippen LogP) is 2.33. The molecule has 2 atom stereocenters. The van der Waals surface area contributed by atoms with Crippen molar-refractivity contribution in [1.82, 2.24) is 14.9 Å². The third kappa shape index (κ3) is 3.59. The molecule has 4 heterocycles. The van der Waals surface area contributed by atoms with Gasteiger partial charge in [-0.3, -0.25) is 9.78 Å². The lowest BCUT2D eigenvalue weighted by Crippen LogP contribution is -2.56. The first-order valence-electron chi connectivity index (χ1n) is 10.8. The van der Waals surface area contributed by atoms with E-state index in [1.54, 1.807) is 24.5 Å². The summed E-state index contributed by atoms with van der Waals surface area (Å²) in [6, 6.07) is 7.94. The Kier molecular flexibility index (Phi) is 4.98. The van der Waals surface area contributed by atoms with Gasteiger partial charge in [0.05, 0.1) is 17.4 Å². The Morgan fingerprint density at radius 1 is 1.23 bits per heavy atom. The van der Waals surface area contributed by atoms with Crippen molar-refractivity contribution in [2.75, 3.05) is 24.6 Å². The minimum atomic E-state index is -0.519. The van der Waals surface area contributed by atoms with Crippen molar-refractivity contribution in [3.8, 4) is 11.8 Å². The number of nitriles is 1. The molecule has 5 rings (SSSR count). The molecule has 2 aliphatic heterocycles. The highest BCUT2D eigenvalue weighted by Gasteiger charge is 2.44. The predicted molar refractivity (Wildman–Crippen MR) is 112 cm³/mol. The zero-order valence-electron chi connectivity index (χ0n) is 17.3. The molecule has 0 aromatic carbocycles. The van der Waals surface area contributed by atoms with Gasteiger partial charge in [0.25, 0.3) is 0 Å². The first-order chi connectivity index (χ1) is 15.1. The number of rotatable bonds is 5. The second kappa shape index (κ2) is 7.82. The standard InChI is InChI=1S/C23H25N5O3/c24-9-16-2-5-21(26-10-16)28-18-3-4-19(28)14-27(13-18)22(30)15-31-23(6-1-7-23)17-8-20(29)12-25-11-17/h2,5,8,10-12,18-19,29H,1,3-4,6-7,13-15H2. The number of piperazine rings is 1. The number of aromatic hydroxyl groups is 1. The van der Waals surface area contributed by atoms with E-state index in [0.717, 1.165) is 43.5 Å². The van der Waals surface area contributed by atoms with E-state index in [0.29, 0.717) is 18.7 Å². The van der Waals surface area contributed by atoms with Crippen molar-refractivity contribution in [3.63, 3.8) is 0 Å². The number of aromatic nitrogens is 2. The number of hydrogen-bond acceptors (Lipinski definition) is 7. The van der Waals surface area contributed by atoms with Gasteiger partial charge in [0.15, 0.2) is 0 Å². The Labute approximate surface area is 181 Å². The molecular formula is C23H25N5O3. The smallest absolute Gasteiger partial charge is 0.248 e. The maximum Gasteiger partial charge on any atom is 0.248 e. The van der Waals surface area contributed by atoms with Gasteiger partial charge in [-0.15, -0.1) is 0 Å². The average molecular weight is 419 g/mol. The van der Waals surface area contributed by atoms with Crippen LogP contribution >= 0.6 is 0 Å². The monoisotopic (exact) mass is 419 g/mol. The number of carbonyl (C=O) groups excluding carboxylic acids is 1. The lowest BCUT2D eigenvalue weighted by Gasteiger charge is -2.44. The first kappa shape index (κ1) is 19.8. The quantitative estimate of drug-likeness (QED) is 0.793. The lowest BCUT2D eigenvalue weighted by atomic mass is 9.75. The zero-order valence-corrected chi connectivity index (χ0v) is 17.3. The molecule has 0 radical (unpaired) electrons. The van der Waals surface area contributed by atoms with E-state index in [1.807, 2.05) is 11.0 Å². The van der Waals surface area contributed by atoms with Gasteiger partial charge in [-0.1, -0.05) is 0 Å². The normalized spacial score (nSPS) is 23.8. The van der Waals surface area contributed by atoms with Crippen LogP contribution in [0.5, 0.6) is 5.75 Å². The van der Waals surface area contributed by atoms with Crippen molar-refractivity contribution < 1.29 is 14.6 Å². The van der Waals surface area contributed by atoms with Crippen LogP contribution in [0.15, 0.2) is 36.8 Å². The number of likely N-dealkylation sites (tertiary alicyclic amines) is 1. The Hall–Kier alpha value is -3.18. The van der Waals surface area contributed by atoms with Crippen LogP contribution < -0.4 is 4.90 Å². The van der Waals surface area contributed by atoms with E-state index >= 15 is 0 Å². The number of pyridine rings is 2. The summed E-state index contributed by atoms with van der Waals surface area (Å²) in [6.07, 6.45) is 9.46. The summed E-state index contributed by atoms with van der Waals surface area (Å²) in [5.74, 6) is 0.992. The van der Waals surface area contributed by atoms with E-state index < -0.39 is 5.60 Å². The minimum Gasteiger partial charge on any atom is -0.506 e. The highest BCUT2D eigenvalue weighted by molar-refractivity contribution is 5.78. The number of anilines is 1. The summed E-state index contributed by atoms with van der Waals surface area (Å²) in [6.45, 7) is 1.34. The number of nitrogens with zero attached hydrogens (tertiary/aromatic N) is 5. The second-order valence-electron chi connectivity index (χ2n) is 8.68. The zero-order chi connectivity index (χ0) is 21.4. The molecule has 2 aromatic heterocycles. The van der Waals surface area contributed by atoms with E-state index in [9.17, 15) is 9.90 Å². The summed E-state index contributed by atoms with van der Waals surface area (Å²) >= 11 is 0. The van der Waals surface area contributed by atoms with Gasteiger partial charge in [0.1, 0.15) is 24.2 Å². The molecule has 160 valence electrons. The van der Waals surface area contributed by atoms with Crippen LogP contribution in [-0.2, 0) is 15.1 Å². The Balaban J connectivity index is 1.23. The van der Waals surface area contributed by atoms with Crippen molar-refractivity contribution in [2.24, 2.45) is 0 Å². The van der Waals surface area contributed by atoms with Crippen molar-refractivity contribution in [1.29, 1.82) is 5.26 Å². The number of fused-ring (bicyclic) bond motifs is 2. The third-order valence-electron chi connectivity index (χ3n) is 6.86. The molecule has 0 spiro atoms. The molecule has 2 bridgehead atoms. The molecule has 8 nitrogen and oxygen atoms in total. The van der Waals surface area contributed by atoms with Crippen molar-refractivity contribution in [3.05, 3.63) is 47.9 Å². The van der Waals surface area contributed by atoms with Crippen LogP contribution in [0.3, 0.4) is 0 Å². The van der Waals surface area contributed by atoms with E-state index in [1.165, 1.54) is 6.20 Å². The van der Waals surface area contributed by atoms with Crippen LogP contribution in [-0.4, -0.2) is 57.7 Å². The largest absolute Gasteiger partial charge is 0.506 e. The van der Waals surface area contributed by atoms with Gasteiger partial charge in [0.2, 0.25) is 5.91 Å². The second-order valence-corrected chi connectivity index (χ2v) is 8.68. The number of carbonyl (C=O) groups is 1. The third-order valence-corrected chi connectivity index (χ3v) is 6.86. The van der Waals surface area contributed by atoms with E-state index in [2.05, 4.69) is 20.9 Å². The topological polar surface area (TPSA) is 103 Å². The molecular weight excluding hydrogens is 394 g/mol. The van der Waals surface area contributed by atoms with Crippen LogP contribution in [0, 0.1) is 11.3 Å². The first-order valence-corrected chi connectivity index (χ1v) is 10.8. The Morgan fingerprint density at radius 2 is 2.00 bits per heavy atom. The molecule has 3 aliphatic rings. The SMILES string of the molecule is N#Cc1ccc(N2C3CCC2CN(C(=O)COC2(c4cncc(O)c4)CCC2)C3)nc1. The number of ether oxygens (including phenoxy) is 1. The molecule has 1 N–H and O–H groups in total. The maximum atomic E-state index is 13.0. The van der Waals surface area contributed by atoms with Crippen molar-refractivity contribution in [2.45, 2.75) is 49.8 Å². The van der Waals surface area contributed by atoms with Gasteiger partial charge in [0, 0.05) is 43.1 Å². The fraction of sp³-hybridized carbons (Fsp3) is 0.478. The molecule has 8 heteroatoms. The number of amides is 1. The summed E-state index contributed by atoms with van der Waals surface area (Å²) in [7, 11) is 0. The van der Waals surface area contributed by atoms with Gasteiger partial charge >= 0.3 is 0 Å². The maximum absolute atomic E-state index is 13.0. The van der Waals surface area contributed by atoms with Crippen LogP contribution in [0.1, 0.15) is 43.2 Å².